The van der Waals surface area contributed by atoms with Gasteiger partial charge in [-0.05, 0) is 92.1 Å². The van der Waals surface area contributed by atoms with Gasteiger partial charge in [-0.15, -0.1) is 0 Å². The third-order valence-electron chi connectivity index (χ3n) is 4.31. The summed E-state index contributed by atoms with van der Waals surface area (Å²) in [5.41, 5.74) is 2.58. The second-order valence-corrected chi connectivity index (χ2v) is 10.1. The minimum Gasteiger partial charge on any atom is -0.508 e. The summed E-state index contributed by atoms with van der Waals surface area (Å²) in [4.78, 5) is 20.8. The zero-order valence-corrected chi connectivity index (χ0v) is 20.0. The van der Waals surface area contributed by atoms with E-state index in [1.54, 1.807) is 37.0 Å². The number of phenols is 1. The van der Waals surface area contributed by atoms with Crippen LogP contribution >= 0.6 is 40.0 Å². The number of hydrogen-bond acceptors (Lipinski definition) is 4. The van der Waals surface area contributed by atoms with E-state index in [2.05, 4.69) is 31.9 Å². The van der Waals surface area contributed by atoms with Crippen LogP contribution in [0.3, 0.4) is 0 Å². The topological polar surface area (TPSA) is 87.0 Å². The SMILES string of the molecule is CP(O)Cc1cc(Br)c(Oc2ccc(O)c(Cc3cccc(C(=O)O)c3)c2)c(Br)c1. The van der Waals surface area contributed by atoms with Crippen LogP contribution in [0.5, 0.6) is 17.2 Å². The van der Waals surface area contributed by atoms with Crippen LogP contribution in [0.2, 0.25) is 0 Å². The number of hydrogen-bond donors (Lipinski definition) is 3. The molecule has 3 N–H and O–H groups in total. The van der Waals surface area contributed by atoms with Crippen molar-refractivity contribution in [3.05, 3.63) is 85.8 Å². The molecule has 0 saturated carbocycles. The molecule has 0 aliphatic carbocycles. The van der Waals surface area contributed by atoms with Gasteiger partial charge in [0.05, 0.1) is 14.5 Å². The van der Waals surface area contributed by atoms with Crippen LogP contribution < -0.4 is 4.74 Å². The van der Waals surface area contributed by atoms with E-state index >= 15 is 0 Å². The number of phenolic OH excluding ortho intramolecular Hbond substituents is 1. The first-order valence-electron chi connectivity index (χ1n) is 8.93. The predicted octanol–water partition coefficient (Wildman–Crippen LogP) is 6.52. The molecule has 1 atom stereocenters. The zero-order chi connectivity index (χ0) is 21.8. The predicted molar refractivity (Wildman–Crippen MR) is 125 cm³/mol. The van der Waals surface area contributed by atoms with Crippen molar-refractivity contribution >= 4 is 46.0 Å². The Hall–Kier alpha value is -1.92. The second kappa shape index (κ2) is 9.92. The van der Waals surface area contributed by atoms with Gasteiger partial charge >= 0.3 is 5.97 Å². The smallest absolute Gasteiger partial charge is 0.335 e. The summed E-state index contributed by atoms with van der Waals surface area (Å²) in [6.07, 6.45) is 0.952. The molecular weight excluding hydrogens is 535 g/mol. The average molecular weight is 554 g/mol. The van der Waals surface area contributed by atoms with Crippen LogP contribution in [-0.2, 0) is 12.6 Å². The number of carbonyl (C=O) groups is 1. The van der Waals surface area contributed by atoms with Gasteiger partial charge < -0.3 is 19.8 Å². The molecule has 0 fully saturated rings. The molecule has 5 nitrogen and oxygen atoms in total. The molecule has 0 aliphatic rings. The number of aromatic carboxylic acids is 1. The van der Waals surface area contributed by atoms with Crippen molar-refractivity contribution in [2.45, 2.75) is 12.6 Å². The van der Waals surface area contributed by atoms with Gasteiger partial charge in [-0.3, -0.25) is 0 Å². The number of aromatic hydroxyl groups is 1. The third-order valence-corrected chi connectivity index (χ3v) is 6.31. The van der Waals surface area contributed by atoms with Gasteiger partial charge in [0.15, 0.2) is 5.75 Å². The number of halogens is 2. The fourth-order valence-electron chi connectivity index (χ4n) is 2.98. The van der Waals surface area contributed by atoms with Crippen LogP contribution in [0, 0.1) is 0 Å². The van der Waals surface area contributed by atoms with E-state index in [1.807, 2.05) is 18.2 Å². The van der Waals surface area contributed by atoms with Crippen molar-refractivity contribution in [1.82, 2.24) is 0 Å². The van der Waals surface area contributed by atoms with E-state index in [-0.39, 0.29) is 11.3 Å². The summed E-state index contributed by atoms with van der Waals surface area (Å²) in [5, 5.41) is 19.4. The Morgan fingerprint density at radius 2 is 1.73 bits per heavy atom. The molecule has 8 heteroatoms. The van der Waals surface area contributed by atoms with Crippen molar-refractivity contribution < 1.29 is 24.6 Å². The number of ether oxygens (including phenoxy) is 1. The molecule has 0 bridgehead atoms. The number of carboxylic acids is 1. The first kappa shape index (κ1) is 22.8. The first-order valence-corrected chi connectivity index (χ1v) is 12.4. The Kier molecular flexibility index (Phi) is 7.53. The fraction of sp³-hybridized carbons (Fsp3) is 0.136. The highest BCUT2D eigenvalue weighted by molar-refractivity contribution is 9.11. The summed E-state index contributed by atoms with van der Waals surface area (Å²) in [5.74, 6) is 0.233. The van der Waals surface area contributed by atoms with Crippen molar-refractivity contribution in [2.24, 2.45) is 0 Å². The molecule has 0 aliphatic heterocycles. The monoisotopic (exact) mass is 552 g/mol. The lowest BCUT2D eigenvalue weighted by molar-refractivity contribution is 0.0696. The summed E-state index contributed by atoms with van der Waals surface area (Å²) < 4.78 is 7.53. The lowest BCUT2D eigenvalue weighted by Crippen LogP contribution is -1.98. The molecule has 0 heterocycles. The quantitative estimate of drug-likeness (QED) is 0.290. The molecule has 30 heavy (non-hydrogen) atoms. The van der Waals surface area contributed by atoms with Gasteiger partial charge in [-0.25, -0.2) is 4.79 Å². The Morgan fingerprint density at radius 1 is 1.03 bits per heavy atom. The Bertz CT molecular complexity index is 1060. The maximum Gasteiger partial charge on any atom is 0.335 e. The lowest BCUT2D eigenvalue weighted by Gasteiger charge is -2.14. The zero-order valence-electron chi connectivity index (χ0n) is 16.0. The van der Waals surface area contributed by atoms with E-state index < -0.39 is 14.1 Å². The Morgan fingerprint density at radius 3 is 2.37 bits per heavy atom. The maximum absolute atomic E-state index is 11.2. The van der Waals surface area contributed by atoms with Gasteiger partial charge in [-0.2, -0.15) is 0 Å². The minimum atomic E-state index is -1.05. The minimum absolute atomic E-state index is 0.107. The molecule has 0 saturated heterocycles. The van der Waals surface area contributed by atoms with E-state index in [1.165, 1.54) is 6.07 Å². The standard InChI is InChI=1S/C22H19Br2O5P/c1-30(28)12-14-9-18(23)21(19(24)10-14)29-17-5-6-20(25)16(11-17)8-13-3-2-4-15(7-13)22(26)27/h2-7,9-11,25,28H,8,12H2,1H3,(H,26,27). The molecule has 3 aromatic carbocycles. The molecule has 3 aromatic rings. The highest BCUT2D eigenvalue weighted by atomic mass is 79.9. The van der Waals surface area contributed by atoms with E-state index in [4.69, 9.17) is 9.84 Å². The lowest BCUT2D eigenvalue weighted by atomic mass is 10.0. The van der Waals surface area contributed by atoms with Crippen LogP contribution in [0.25, 0.3) is 0 Å². The van der Waals surface area contributed by atoms with Gasteiger partial charge in [0.25, 0.3) is 0 Å². The molecule has 0 spiro atoms. The maximum atomic E-state index is 11.2. The van der Waals surface area contributed by atoms with Gasteiger partial charge in [0, 0.05) is 26.3 Å². The number of carboxylic acid groups (broad SMARTS) is 1. The van der Waals surface area contributed by atoms with Crippen molar-refractivity contribution in [1.29, 1.82) is 0 Å². The fourth-order valence-corrected chi connectivity index (χ4v) is 5.14. The van der Waals surface area contributed by atoms with Gasteiger partial charge in [-0.1, -0.05) is 12.1 Å². The molecule has 0 aromatic heterocycles. The third kappa shape index (κ3) is 5.82. The van der Waals surface area contributed by atoms with Crippen molar-refractivity contribution in [3.8, 4) is 17.2 Å². The van der Waals surface area contributed by atoms with Crippen LogP contribution in [0.15, 0.2) is 63.5 Å². The van der Waals surface area contributed by atoms with Crippen molar-refractivity contribution in [2.75, 3.05) is 6.66 Å². The molecule has 0 radical (unpaired) electrons. The summed E-state index contributed by atoms with van der Waals surface area (Å²) in [6, 6.07) is 15.4. The largest absolute Gasteiger partial charge is 0.508 e. The summed E-state index contributed by atoms with van der Waals surface area (Å²) in [6.45, 7) is 1.80. The Balaban J connectivity index is 1.85. The van der Waals surface area contributed by atoms with Crippen molar-refractivity contribution in [3.63, 3.8) is 0 Å². The Labute approximate surface area is 192 Å². The molecule has 156 valence electrons. The van der Waals surface area contributed by atoms with Crippen LogP contribution in [-0.4, -0.2) is 27.7 Å². The van der Waals surface area contributed by atoms with E-state index in [9.17, 15) is 14.8 Å². The van der Waals surface area contributed by atoms with Gasteiger partial charge in [0.1, 0.15) is 11.5 Å². The molecule has 0 amide bonds. The highest BCUT2D eigenvalue weighted by Gasteiger charge is 2.13. The van der Waals surface area contributed by atoms with Crippen LogP contribution in [0.4, 0.5) is 0 Å². The van der Waals surface area contributed by atoms with Gasteiger partial charge in [0.2, 0.25) is 0 Å². The normalized spacial score (nSPS) is 11.9. The molecule has 1 unspecified atom stereocenters. The highest BCUT2D eigenvalue weighted by Crippen LogP contribution is 2.41. The summed E-state index contributed by atoms with van der Waals surface area (Å²) in [7, 11) is -1.05. The van der Waals surface area contributed by atoms with E-state index in [0.717, 1.165) is 20.1 Å². The average Bonchev–Trinajstić information content (AvgIpc) is 2.67. The van der Waals surface area contributed by atoms with E-state index in [0.29, 0.717) is 29.6 Å². The number of benzene rings is 3. The van der Waals surface area contributed by atoms with Crippen LogP contribution in [0.1, 0.15) is 27.0 Å². The molecule has 3 rings (SSSR count). The summed E-state index contributed by atoms with van der Waals surface area (Å²) >= 11 is 7.04. The number of rotatable bonds is 7. The molecular formula is C22H19Br2O5P. The second-order valence-electron chi connectivity index (χ2n) is 6.78. The first-order chi connectivity index (χ1) is 14.2.